The van der Waals surface area contributed by atoms with Crippen molar-refractivity contribution >= 4 is 40.4 Å². The first-order chi connectivity index (χ1) is 12.5. The monoisotopic (exact) mass is 375 g/mol. The van der Waals surface area contributed by atoms with Gasteiger partial charge in [-0.3, -0.25) is 14.4 Å². The van der Waals surface area contributed by atoms with Crippen molar-refractivity contribution in [3.8, 4) is 5.75 Å². The van der Waals surface area contributed by atoms with E-state index in [-0.39, 0.29) is 24.1 Å². The van der Waals surface area contributed by atoms with Crippen LogP contribution in [0.2, 0.25) is 0 Å². The first-order valence-electron chi connectivity index (χ1n) is 8.05. The van der Waals surface area contributed by atoms with E-state index in [0.717, 1.165) is 0 Å². The molecule has 2 rings (SSSR count). The standard InChI is InChI=1S/C18H21N3O4S/c1-12(22)20-15-10-14(5-6-16(15)25-2)21-17(23)4-3-8-19-18(24)13-7-9-26-11-13/h5-7,9-11H,3-4,8H2,1-2H3,(H,19,24)(H,20,22)(H,21,23). The van der Waals surface area contributed by atoms with Crippen LogP contribution in [0.4, 0.5) is 11.4 Å². The molecule has 0 saturated carbocycles. The molecule has 0 aliphatic heterocycles. The molecule has 0 unspecified atom stereocenters. The first kappa shape index (κ1) is 19.5. The lowest BCUT2D eigenvalue weighted by molar-refractivity contribution is -0.116. The Kier molecular flexibility index (Phi) is 7.16. The molecule has 0 spiro atoms. The van der Waals surface area contributed by atoms with E-state index in [1.807, 2.05) is 5.38 Å². The highest BCUT2D eigenvalue weighted by Crippen LogP contribution is 2.27. The second-order valence-corrected chi connectivity index (χ2v) is 6.30. The lowest BCUT2D eigenvalue weighted by atomic mass is 10.2. The average Bonchev–Trinajstić information content (AvgIpc) is 3.13. The number of thiophene rings is 1. The molecule has 1 aromatic heterocycles. The number of carbonyl (C=O) groups excluding carboxylic acids is 3. The van der Waals surface area contributed by atoms with Crippen LogP contribution >= 0.6 is 11.3 Å². The van der Waals surface area contributed by atoms with Crippen molar-refractivity contribution < 1.29 is 19.1 Å². The molecular formula is C18H21N3O4S. The molecule has 26 heavy (non-hydrogen) atoms. The quantitative estimate of drug-likeness (QED) is 0.618. The number of benzene rings is 1. The number of hydrogen-bond donors (Lipinski definition) is 3. The van der Waals surface area contributed by atoms with Crippen molar-refractivity contribution in [2.45, 2.75) is 19.8 Å². The number of carbonyl (C=O) groups is 3. The zero-order valence-corrected chi connectivity index (χ0v) is 15.4. The predicted octanol–water partition coefficient (Wildman–Crippen LogP) is 2.86. The highest BCUT2D eigenvalue weighted by Gasteiger charge is 2.09. The molecule has 0 aliphatic carbocycles. The molecule has 3 amide bonds. The molecule has 7 nitrogen and oxygen atoms in total. The molecule has 0 aliphatic rings. The van der Waals surface area contributed by atoms with Gasteiger partial charge in [-0.25, -0.2) is 0 Å². The fraction of sp³-hybridized carbons (Fsp3) is 0.278. The van der Waals surface area contributed by atoms with Gasteiger partial charge in [0, 0.05) is 36.5 Å². The number of methoxy groups -OCH3 is 1. The maximum Gasteiger partial charge on any atom is 0.252 e. The lowest BCUT2D eigenvalue weighted by Gasteiger charge is -2.12. The minimum atomic E-state index is -0.229. The van der Waals surface area contributed by atoms with Crippen molar-refractivity contribution in [2.75, 3.05) is 24.3 Å². The van der Waals surface area contributed by atoms with E-state index in [1.54, 1.807) is 29.6 Å². The van der Waals surface area contributed by atoms with Gasteiger partial charge in [-0.15, -0.1) is 0 Å². The second kappa shape index (κ2) is 9.57. The zero-order chi connectivity index (χ0) is 18.9. The predicted molar refractivity (Wildman–Crippen MR) is 102 cm³/mol. The summed E-state index contributed by atoms with van der Waals surface area (Å²) in [4.78, 5) is 35.1. The highest BCUT2D eigenvalue weighted by atomic mass is 32.1. The van der Waals surface area contributed by atoms with Gasteiger partial charge in [0.1, 0.15) is 5.75 Å². The van der Waals surface area contributed by atoms with Gasteiger partial charge >= 0.3 is 0 Å². The van der Waals surface area contributed by atoms with Crippen LogP contribution in [0.15, 0.2) is 35.0 Å². The molecule has 8 heteroatoms. The van der Waals surface area contributed by atoms with E-state index in [0.29, 0.717) is 35.7 Å². The molecule has 1 aromatic carbocycles. The number of rotatable bonds is 8. The van der Waals surface area contributed by atoms with Gasteiger partial charge < -0.3 is 20.7 Å². The molecule has 0 fully saturated rings. The average molecular weight is 375 g/mol. The first-order valence-corrected chi connectivity index (χ1v) is 8.99. The third kappa shape index (κ3) is 5.89. The Bertz CT molecular complexity index is 775. The molecule has 0 saturated heterocycles. The van der Waals surface area contributed by atoms with Crippen molar-refractivity contribution in [2.24, 2.45) is 0 Å². The van der Waals surface area contributed by atoms with Crippen LogP contribution < -0.4 is 20.7 Å². The summed E-state index contributed by atoms with van der Waals surface area (Å²) in [5.41, 5.74) is 1.67. The maximum absolute atomic E-state index is 12.0. The van der Waals surface area contributed by atoms with Gasteiger partial charge in [0.25, 0.3) is 5.91 Å². The Balaban J connectivity index is 1.80. The molecule has 2 aromatic rings. The van der Waals surface area contributed by atoms with Crippen molar-refractivity contribution in [3.63, 3.8) is 0 Å². The van der Waals surface area contributed by atoms with Crippen LogP contribution in [0.3, 0.4) is 0 Å². The van der Waals surface area contributed by atoms with E-state index >= 15 is 0 Å². The minimum absolute atomic E-state index is 0.137. The number of nitrogens with one attached hydrogen (secondary N) is 3. The fourth-order valence-electron chi connectivity index (χ4n) is 2.24. The molecule has 138 valence electrons. The summed E-state index contributed by atoms with van der Waals surface area (Å²) in [5, 5.41) is 11.8. The van der Waals surface area contributed by atoms with Gasteiger partial charge in [0.15, 0.2) is 0 Å². The lowest BCUT2D eigenvalue weighted by Crippen LogP contribution is -2.25. The van der Waals surface area contributed by atoms with Crippen molar-refractivity contribution in [3.05, 3.63) is 40.6 Å². The fourth-order valence-corrected chi connectivity index (χ4v) is 2.88. The van der Waals surface area contributed by atoms with Crippen molar-refractivity contribution in [1.29, 1.82) is 0 Å². The number of anilines is 2. The summed E-state index contributed by atoms with van der Waals surface area (Å²) in [5.74, 6) is -0.0297. The Morgan fingerprint density at radius 3 is 2.62 bits per heavy atom. The summed E-state index contributed by atoms with van der Waals surface area (Å²) in [6, 6.07) is 6.75. The minimum Gasteiger partial charge on any atom is -0.495 e. The molecule has 1 heterocycles. The molecular weight excluding hydrogens is 354 g/mol. The smallest absolute Gasteiger partial charge is 0.252 e. The molecule has 0 bridgehead atoms. The topological polar surface area (TPSA) is 96.5 Å². The highest BCUT2D eigenvalue weighted by molar-refractivity contribution is 7.08. The van der Waals surface area contributed by atoms with Crippen LogP contribution in [0.1, 0.15) is 30.1 Å². The second-order valence-electron chi connectivity index (χ2n) is 5.52. The van der Waals surface area contributed by atoms with Crippen molar-refractivity contribution in [1.82, 2.24) is 5.32 Å². The van der Waals surface area contributed by atoms with Gasteiger partial charge in [-0.2, -0.15) is 11.3 Å². The summed E-state index contributed by atoms with van der Waals surface area (Å²) in [6.07, 6.45) is 0.793. The summed E-state index contributed by atoms with van der Waals surface area (Å²) >= 11 is 1.46. The third-order valence-electron chi connectivity index (χ3n) is 3.44. The van der Waals surface area contributed by atoms with E-state index in [1.165, 1.54) is 25.4 Å². The van der Waals surface area contributed by atoms with Gasteiger partial charge in [0.2, 0.25) is 11.8 Å². The SMILES string of the molecule is COc1ccc(NC(=O)CCCNC(=O)c2ccsc2)cc1NC(C)=O. The van der Waals surface area contributed by atoms with Crippen LogP contribution in [-0.2, 0) is 9.59 Å². The van der Waals surface area contributed by atoms with Gasteiger partial charge in [-0.05, 0) is 36.1 Å². The number of ether oxygens (including phenoxy) is 1. The van der Waals surface area contributed by atoms with Crippen LogP contribution in [-0.4, -0.2) is 31.4 Å². The van der Waals surface area contributed by atoms with E-state index < -0.39 is 0 Å². The third-order valence-corrected chi connectivity index (χ3v) is 4.13. The van der Waals surface area contributed by atoms with Gasteiger partial charge in [0.05, 0.1) is 12.8 Å². The number of amides is 3. The van der Waals surface area contributed by atoms with Crippen LogP contribution in [0.25, 0.3) is 0 Å². The van der Waals surface area contributed by atoms with Gasteiger partial charge in [-0.1, -0.05) is 0 Å². The Morgan fingerprint density at radius 1 is 1.15 bits per heavy atom. The zero-order valence-electron chi connectivity index (χ0n) is 14.6. The van der Waals surface area contributed by atoms with E-state index in [4.69, 9.17) is 4.74 Å². The van der Waals surface area contributed by atoms with E-state index in [2.05, 4.69) is 16.0 Å². The summed E-state index contributed by atoms with van der Waals surface area (Å²) < 4.78 is 5.17. The molecule has 3 N–H and O–H groups in total. The van der Waals surface area contributed by atoms with Crippen LogP contribution in [0.5, 0.6) is 5.75 Å². The Hall–Kier alpha value is -2.87. The van der Waals surface area contributed by atoms with E-state index in [9.17, 15) is 14.4 Å². The summed E-state index contributed by atoms with van der Waals surface area (Å²) in [6.45, 7) is 1.82. The summed E-state index contributed by atoms with van der Waals surface area (Å²) in [7, 11) is 1.50. The Morgan fingerprint density at radius 2 is 1.96 bits per heavy atom. The van der Waals surface area contributed by atoms with Crippen LogP contribution in [0, 0.1) is 0 Å². The maximum atomic E-state index is 12.0. The number of hydrogen-bond acceptors (Lipinski definition) is 5. The molecule has 0 atom stereocenters. The molecule has 0 radical (unpaired) electrons. The normalized spacial score (nSPS) is 10.1. The largest absolute Gasteiger partial charge is 0.495 e. The Labute approximate surface area is 155 Å².